The van der Waals surface area contributed by atoms with Gasteiger partial charge < -0.3 is 25.0 Å². The Labute approximate surface area is 215 Å². The third-order valence-corrected chi connectivity index (χ3v) is 6.66. The summed E-state index contributed by atoms with van der Waals surface area (Å²) in [6.07, 6.45) is 4.24. The molecule has 1 aliphatic rings. The third kappa shape index (κ3) is 6.84. The van der Waals surface area contributed by atoms with Crippen LogP contribution in [0, 0.1) is 17.6 Å². The Morgan fingerprint density at radius 3 is 2.49 bits per heavy atom. The highest BCUT2D eigenvalue weighted by molar-refractivity contribution is 5.92. The van der Waals surface area contributed by atoms with Gasteiger partial charge in [-0.2, -0.15) is 0 Å². The monoisotopic (exact) mass is 513 g/mol. The number of aliphatic hydroxyl groups is 1. The lowest BCUT2D eigenvalue weighted by Gasteiger charge is -2.41. The molecule has 8 heteroatoms. The first-order valence-corrected chi connectivity index (χ1v) is 12.1. The van der Waals surface area contributed by atoms with E-state index in [0.29, 0.717) is 12.0 Å². The van der Waals surface area contributed by atoms with Crippen LogP contribution >= 0.6 is 0 Å². The Kier molecular flexibility index (Phi) is 9.23. The van der Waals surface area contributed by atoms with Gasteiger partial charge in [0.15, 0.2) is 0 Å². The quantitative estimate of drug-likeness (QED) is 0.394. The van der Waals surface area contributed by atoms with Crippen molar-refractivity contribution in [2.45, 2.75) is 31.3 Å². The van der Waals surface area contributed by atoms with Gasteiger partial charge in [0.05, 0.1) is 12.7 Å². The molecule has 2 atom stereocenters. The highest BCUT2D eigenvalue weighted by Crippen LogP contribution is 2.42. The molecule has 6 nitrogen and oxygen atoms in total. The minimum atomic E-state index is -1.32. The first kappa shape index (κ1) is 28.1. The average Bonchev–Trinajstić information content (AvgIpc) is 2.86. The molecule has 1 fully saturated rings. The number of carboxylic acid groups (broad SMARTS) is 1. The highest BCUT2D eigenvalue weighted by Gasteiger charge is 2.40. The number of nitrogens with zero attached hydrogens (tertiary/aromatic N) is 1. The van der Waals surface area contributed by atoms with E-state index in [1.807, 2.05) is 24.3 Å². The predicted octanol–water partition coefficient (Wildman–Crippen LogP) is 5.67. The van der Waals surface area contributed by atoms with Crippen molar-refractivity contribution in [3.63, 3.8) is 0 Å². The van der Waals surface area contributed by atoms with Crippen molar-refractivity contribution >= 4 is 5.97 Å². The number of hydrogen-bond donors (Lipinski definition) is 3. The van der Waals surface area contributed by atoms with Gasteiger partial charge in [0, 0.05) is 24.1 Å². The molecule has 4 rings (SSSR count). The zero-order chi connectivity index (χ0) is 27.2. The van der Waals surface area contributed by atoms with Crippen molar-refractivity contribution in [2.75, 3.05) is 27.7 Å². The summed E-state index contributed by atoms with van der Waals surface area (Å²) in [5.41, 5.74) is 0.271. The van der Waals surface area contributed by atoms with Crippen LogP contribution in [0.25, 0.3) is 11.1 Å². The van der Waals surface area contributed by atoms with Crippen LogP contribution in [0.4, 0.5) is 8.78 Å². The molecule has 0 aromatic heterocycles. The molecule has 1 aliphatic carbocycles. The summed E-state index contributed by atoms with van der Waals surface area (Å²) in [4.78, 5) is 13.0. The van der Waals surface area contributed by atoms with Crippen molar-refractivity contribution in [1.82, 2.24) is 4.90 Å². The van der Waals surface area contributed by atoms with Gasteiger partial charge >= 0.3 is 5.97 Å². The summed E-state index contributed by atoms with van der Waals surface area (Å²) in [5, 5.41) is 29.4. The van der Waals surface area contributed by atoms with Crippen molar-refractivity contribution in [3.05, 3.63) is 83.4 Å². The number of methoxy groups -OCH3 is 1. The molecule has 3 N–H and O–H groups in total. The smallest absolute Gasteiger partial charge is 0.339 e. The molecule has 3 aromatic rings. The molecular formula is C29H33F2NO5. The largest absolute Gasteiger partial charge is 0.507 e. The highest BCUT2D eigenvalue weighted by atomic mass is 19.1. The standard InChI is InChI=1S/C16H25NO2.C13H8F2O3/c1-17(2)12-14-7-4-5-10-16(14,18)13-8-6-9-15(11-13)19-3;14-8-2-3-9(11(15)6-8)7-1-4-12(16)10(5-7)13(17)18/h6,8-9,11,14,18H,4-5,7,10,12H2,1-3H3;1-6,16H,(H,17,18)/t14-,16+;/m1./s1. The summed E-state index contributed by atoms with van der Waals surface area (Å²) in [6, 6.07) is 14.5. The summed E-state index contributed by atoms with van der Waals surface area (Å²) < 4.78 is 31.6. The normalized spacial score (nSPS) is 19.2. The van der Waals surface area contributed by atoms with Crippen LogP contribution in [0.2, 0.25) is 0 Å². The lowest BCUT2D eigenvalue weighted by Crippen LogP contribution is -2.43. The number of rotatable bonds is 6. The second-order valence-electron chi connectivity index (χ2n) is 9.52. The SMILES string of the molecule is COc1cccc([C@@]2(O)CCCC[C@@H]2CN(C)C)c1.O=C(O)c1cc(-c2ccc(F)cc2F)ccc1O. The van der Waals surface area contributed by atoms with E-state index >= 15 is 0 Å². The van der Waals surface area contributed by atoms with Crippen LogP contribution < -0.4 is 4.74 Å². The number of carboxylic acids is 1. The van der Waals surface area contributed by atoms with Gasteiger partial charge in [0.25, 0.3) is 0 Å². The van der Waals surface area contributed by atoms with Crippen molar-refractivity contribution in [1.29, 1.82) is 0 Å². The molecular weight excluding hydrogens is 480 g/mol. The predicted molar refractivity (Wildman–Crippen MR) is 138 cm³/mol. The van der Waals surface area contributed by atoms with Gasteiger partial charge in [-0.15, -0.1) is 0 Å². The van der Waals surface area contributed by atoms with Crippen LogP contribution in [0.3, 0.4) is 0 Å². The molecule has 0 radical (unpaired) electrons. The summed E-state index contributed by atoms with van der Waals surface area (Å²) in [5.74, 6) is -2.13. The third-order valence-electron chi connectivity index (χ3n) is 6.66. The van der Waals surface area contributed by atoms with Crippen LogP contribution in [0.5, 0.6) is 11.5 Å². The van der Waals surface area contributed by atoms with E-state index in [-0.39, 0.29) is 16.7 Å². The number of aromatic carboxylic acids is 1. The molecule has 3 aromatic carbocycles. The first-order valence-electron chi connectivity index (χ1n) is 12.1. The number of aromatic hydroxyl groups is 1. The minimum Gasteiger partial charge on any atom is -0.507 e. The van der Waals surface area contributed by atoms with E-state index in [4.69, 9.17) is 9.84 Å². The molecule has 0 unspecified atom stereocenters. The maximum atomic E-state index is 13.5. The maximum Gasteiger partial charge on any atom is 0.339 e. The number of carbonyl (C=O) groups is 1. The second-order valence-corrected chi connectivity index (χ2v) is 9.52. The molecule has 37 heavy (non-hydrogen) atoms. The van der Waals surface area contributed by atoms with Crippen LogP contribution in [0.15, 0.2) is 60.7 Å². The van der Waals surface area contributed by atoms with Gasteiger partial charge in [-0.3, -0.25) is 0 Å². The van der Waals surface area contributed by atoms with Gasteiger partial charge in [-0.1, -0.05) is 31.0 Å². The van der Waals surface area contributed by atoms with Crippen molar-refractivity contribution < 1.29 is 33.6 Å². The first-order chi connectivity index (χ1) is 17.5. The minimum absolute atomic E-state index is 0.0684. The number of phenols is 1. The van der Waals surface area contributed by atoms with Crippen molar-refractivity contribution in [3.8, 4) is 22.6 Å². The van der Waals surface area contributed by atoms with Crippen LogP contribution in [0.1, 0.15) is 41.6 Å². The Hall–Kier alpha value is -3.49. The topological polar surface area (TPSA) is 90.2 Å². The molecule has 0 saturated heterocycles. The fourth-order valence-corrected chi connectivity index (χ4v) is 4.78. The molecule has 198 valence electrons. The lowest BCUT2D eigenvalue weighted by atomic mass is 9.71. The summed E-state index contributed by atoms with van der Waals surface area (Å²) >= 11 is 0. The Bertz CT molecular complexity index is 1230. The van der Waals surface area contributed by atoms with E-state index in [1.165, 1.54) is 18.6 Å². The average molecular weight is 514 g/mol. The number of benzene rings is 3. The molecule has 0 aliphatic heterocycles. The lowest BCUT2D eigenvalue weighted by molar-refractivity contribution is -0.0619. The van der Waals surface area contributed by atoms with Gasteiger partial charge in [-0.25, -0.2) is 13.6 Å². The summed E-state index contributed by atoms with van der Waals surface area (Å²) in [7, 11) is 5.81. The molecule has 0 heterocycles. The molecule has 0 amide bonds. The summed E-state index contributed by atoms with van der Waals surface area (Å²) in [6.45, 7) is 0.924. The van der Waals surface area contributed by atoms with E-state index in [2.05, 4.69) is 19.0 Å². The van der Waals surface area contributed by atoms with E-state index in [0.717, 1.165) is 55.3 Å². The van der Waals surface area contributed by atoms with Crippen molar-refractivity contribution in [2.24, 2.45) is 5.92 Å². The second kappa shape index (κ2) is 12.2. The zero-order valence-corrected chi connectivity index (χ0v) is 21.2. The molecule has 0 bridgehead atoms. The Balaban J connectivity index is 0.000000206. The fraction of sp³-hybridized carbons (Fsp3) is 0.345. The van der Waals surface area contributed by atoms with Crippen LogP contribution in [-0.4, -0.2) is 53.9 Å². The Morgan fingerprint density at radius 2 is 1.84 bits per heavy atom. The fourth-order valence-electron chi connectivity index (χ4n) is 4.78. The number of ether oxygens (including phenoxy) is 1. The van der Waals surface area contributed by atoms with Gasteiger partial charge in [0.2, 0.25) is 0 Å². The maximum absolute atomic E-state index is 13.5. The van der Waals surface area contributed by atoms with Gasteiger partial charge in [0.1, 0.15) is 28.7 Å². The zero-order valence-electron chi connectivity index (χ0n) is 21.2. The number of hydrogen-bond acceptors (Lipinski definition) is 5. The molecule has 1 saturated carbocycles. The number of halogens is 2. The van der Waals surface area contributed by atoms with E-state index in [1.54, 1.807) is 7.11 Å². The van der Waals surface area contributed by atoms with E-state index < -0.39 is 29.0 Å². The van der Waals surface area contributed by atoms with Crippen LogP contribution in [-0.2, 0) is 5.60 Å². The van der Waals surface area contributed by atoms with Gasteiger partial charge in [-0.05, 0) is 74.5 Å². The van der Waals surface area contributed by atoms with E-state index in [9.17, 15) is 23.8 Å². The molecule has 0 spiro atoms. The Morgan fingerprint density at radius 1 is 1.08 bits per heavy atom.